The molecule has 1 saturated carbocycles. The standard InChI is InChI=1S/C18H21N3/c1-2-4-15-9-16(6-5-14(15)3-1)18-20-11-13(12-21-18)10-19-17-7-8-17/h1-4,11-12,16-17,19H,5-10H2. The summed E-state index contributed by atoms with van der Waals surface area (Å²) in [5.74, 6) is 1.49. The lowest BCUT2D eigenvalue weighted by Gasteiger charge is -2.23. The van der Waals surface area contributed by atoms with Gasteiger partial charge in [0.05, 0.1) is 0 Å². The maximum atomic E-state index is 4.62. The topological polar surface area (TPSA) is 37.8 Å². The summed E-state index contributed by atoms with van der Waals surface area (Å²) in [5, 5.41) is 3.50. The van der Waals surface area contributed by atoms with E-state index in [4.69, 9.17) is 0 Å². The highest BCUT2D eigenvalue weighted by atomic mass is 15.0. The Hall–Kier alpha value is -1.74. The van der Waals surface area contributed by atoms with Crippen molar-refractivity contribution >= 4 is 0 Å². The molecule has 0 saturated heterocycles. The Morgan fingerprint density at radius 3 is 2.52 bits per heavy atom. The van der Waals surface area contributed by atoms with Crippen LogP contribution in [0.25, 0.3) is 0 Å². The van der Waals surface area contributed by atoms with Crippen LogP contribution >= 0.6 is 0 Å². The van der Waals surface area contributed by atoms with Crippen molar-refractivity contribution in [3.8, 4) is 0 Å². The van der Waals surface area contributed by atoms with Gasteiger partial charge in [-0.25, -0.2) is 9.97 Å². The second kappa shape index (κ2) is 5.57. The quantitative estimate of drug-likeness (QED) is 0.935. The molecular weight excluding hydrogens is 258 g/mol. The van der Waals surface area contributed by atoms with E-state index in [1.165, 1.54) is 29.5 Å². The van der Waals surface area contributed by atoms with Gasteiger partial charge in [0.15, 0.2) is 0 Å². The van der Waals surface area contributed by atoms with E-state index in [0.717, 1.165) is 37.7 Å². The number of hydrogen-bond donors (Lipinski definition) is 1. The predicted molar refractivity (Wildman–Crippen MR) is 83.1 cm³/mol. The molecule has 1 atom stereocenters. The van der Waals surface area contributed by atoms with Crippen LogP contribution in [0.1, 0.15) is 47.7 Å². The number of hydrogen-bond acceptors (Lipinski definition) is 3. The molecule has 0 radical (unpaired) electrons. The van der Waals surface area contributed by atoms with Gasteiger partial charge in [-0.15, -0.1) is 0 Å². The molecule has 2 aromatic rings. The molecule has 1 fully saturated rings. The minimum atomic E-state index is 0.477. The number of aryl methyl sites for hydroxylation is 1. The van der Waals surface area contributed by atoms with Gasteiger partial charge in [0.1, 0.15) is 5.82 Å². The first kappa shape index (κ1) is 13.0. The van der Waals surface area contributed by atoms with Crippen molar-refractivity contribution in [2.45, 2.75) is 50.6 Å². The molecule has 4 rings (SSSR count). The maximum absolute atomic E-state index is 4.62. The summed E-state index contributed by atoms with van der Waals surface area (Å²) >= 11 is 0. The number of nitrogens with one attached hydrogen (secondary N) is 1. The Bertz CT molecular complexity index is 617. The van der Waals surface area contributed by atoms with Crippen LogP contribution in [0.3, 0.4) is 0 Å². The molecule has 0 spiro atoms. The van der Waals surface area contributed by atoms with Gasteiger partial charge in [0, 0.05) is 36.5 Å². The van der Waals surface area contributed by atoms with Crippen molar-refractivity contribution in [2.24, 2.45) is 0 Å². The molecule has 1 heterocycles. The zero-order valence-electron chi connectivity index (χ0n) is 12.3. The lowest BCUT2D eigenvalue weighted by atomic mass is 9.83. The van der Waals surface area contributed by atoms with Crippen LogP contribution in [-0.4, -0.2) is 16.0 Å². The molecule has 0 aliphatic heterocycles. The number of benzene rings is 1. The summed E-state index contributed by atoms with van der Waals surface area (Å²) in [6, 6.07) is 9.50. The largest absolute Gasteiger partial charge is 0.310 e. The second-order valence-electron chi connectivity index (χ2n) is 6.31. The predicted octanol–water partition coefficient (Wildman–Crippen LogP) is 3.00. The first-order valence-corrected chi connectivity index (χ1v) is 7.99. The second-order valence-corrected chi connectivity index (χ2v) is 6.31. The van der Waals surface area contributed by atoms with Crippen LogP contribution < -0.4 is 5.32 Å². The van der Waals surface area contributed by atoms with E-state index < -0.39 is 0 Å². The molecule has 1 N–H and O–H groups in total. The fourth-order valence-corrected chi connectivity index (χ4v) is 3.13. The summed E-state index contributed by atoms with van der Waals surface area (Å²) in [5.41, 5.74) is 4.16. The monoisotopic (exact) mass is 279 g/mol. The zero-order chi connectivity index (χ0) is 14.1. The van der Waals surface area contributed by atoms with Crippen molar-refractivity contribution in [3.63, 3.8) is 0 Å². The third-order valence-corrected chi connectivity index (χ3v) is 4.61. The average Bonchev–Trinajstić information content (AvgIpc) is 3.37. The van der Waals surface area contributed by atoms with Crippen molar-refractivity contribution in [3.05, 3.63) is 59.2 Å². The summed E-state index contributed by atoms with van der Waals surface area (Å²) in [6.45, 7) is 0.901. The Kier molecular flexibility index (Phi) is 3.44. The van der Waals surface area contributed by atoms with E-state index >= 15 is 0 Å². The van der Waals surface area contributed by atoms with Gasteiger partial charge in [-0.05, 0) is 43.2 Å². The third kappa shape index (κ3) is 2.98. The summed E-state index contributed by atoms with van der Waals surface area (Å²) in [7, 11) is 0. The van der Waals surface area contributed by atoms with Crippen LogP contribution in [0.2, 0.25) is 0 Å². The number of fused-ring (bicyclic) bond motifs is 1. The molecule has 0 bridgehead atoms. The number of nitrogens with zero attached hydrogens (tertiary/aromatic N) is 2. The van der Waals surface area contributed by atoms with Crippen LogP contribution in [-0.2, 0) is 19.4 Å². The van der Waals surface area contributed by atoms with Crippen LogP contribution in [0.5, 0.6) is 0 Å². The van der Waals surface area contributed by atoms with Crippen molar-refractivity contribution in [1.29, 1.82) is 0 Å². The summed E-state index contributed by atoms with van der Waals surface area (Å²) in [6.07, 6.45) is 10.0. The van der Waals surface area contributed by atoms with E-state index in [0.29, 0.717) is 5.92 Å². The molecule has 1 aromatic heterocycles. The molecule has 0 amide bonds. The van der Waals surface area contributed by atoms with E-state index in [9.17, 15) is 0 Å². The lowest BCUT2D eigenvalue weighted by molar-refractivity contribution is 0.553. The van der Waals surface area contributed by atoms with Gasteiger partial charge in [0.25, 0.3) is 0 Å². The molecule has 3 nitrogen and oxygen atoms in total. The summed E-state index contributed by atoms with van der Waals surface area (Å²) in [4.78, 5) is 9.25. The first-order valence-electron chi connectivity index (χ1n) is 7.99. The molecule has 1 aromatic carbocycles. The minimum absolute atomic E-state index is 0.477. The zero-order valence-corrected chi connectivity index (χ0v) is 12.3. The number of rotatable bonds is 4. The van der Waals surface area contributed by atoms with Gasteiger partial charge in [0.2, 0.25) is 0 Å². The third-order valence-electron chi connectivity index (χ3n) is 4.61. The Morgan fingerprint density at radius 1 is 1.00 bits per heavy atom. The van der Waals surface area contributed by atoms with Gasteiger partial charge in [-0.3, -0.25) is 0 Å². The van der Waals surface area contributed by atoms with E-state index in [-0.39, 0.29) is 0 Å². The highest BCUT2D eigenvalue weighted by Crippen LogP contribution is 2.30. The van der Waals surface area contributed by atoms with E-state index in [2.05, 4.69) is 39.6 Å². The molecule has 2 aliphatic rings. The molecular formula is C18H21N3. The lowest BCUT2D eigenvalue weighted by Crippen LogP contribution is -2.17. The van der Waals surface area contributed by atoms with Gasteiger partial charge in [-0.2, -0.15) is 0 Å². The Balaban J connectivity index is 1.44. The smallest absolute Gasteiger partial charge is 0.131 e. The summed E-state index contributed by atoms with van der Waals surface area (Å²) < 4.78 is 0. The Morgan fingerprint density at radius 2 is 1.76 bits per heavy atom. The minimum Gasteiger partial charge on any atom is -0.310 e. The van der Waals surface area contributed by atoms with Gasteiger partial charge < -0.3 is 5.32 Å². The van der Waals surface area contributed by atoms with Crippen molar-refractivity contribution in [1.82, 2.24) is 15.3 Å². The van der Waals surface area contributed by atoms with Crippen molar-refractivity contribution in [2.75, 3.05) is 0 Å². The Labute approximate surface area is 125 Å². The van der Waals surface area contributed by atoms with Gasteiger partial charge in [-0.1, -0.05) is 24.3 Å². The maximum Gasteiger partial charge on any atom is 0.131 e. The van der Waals surface area contributed by atoms with Crippen LogP contribution in [0.15, 0.2) is 36.7 Å². The van der Waals surface area contributed by atoms with E-state index in [1.54, 1.807) is 0 Å². The van der Waals surface area contributed by atoms with Crippen LogP contribution in [0.4, 0.5) is 0 Å². The average molecular weight is 279 g/mol. The highest BCUT2D eigenvalue weighted by Gasteiger charge is 2.22. The van der Waals surface area contributed by atoms with Crippen molar-refractivity contribution < 1.29 is 0 Å². The normalized spacial score (nSPS) is 21.0. The van der Waals surface area contributed by atoms with Crippen LogP contribution in [0, 0.1) is 0 Å². The number of aromatic nitrogens is 2. The molecule has 21 heavy (non-hydrogen) atoms. The van der Waals surface area contributed by atoms with E-state index in [1.807, 2.05) is 12.4 Å². The molecule has 3 heteroatoms. The van der Waals surface area contributed by atoms with Gasteiger partial charge >= 0.3 is 0 Å². The fraction of sp³-hybridized carbons (Fsp3) is 0.444. The molecule has 1 unspecified atom stereocenters. The molecule has 2 aliphatic carbocycles. The highest BCUT2D eigenvalue weighted by molar-refractivity contribution is 5.31. The molecule has 108 valence electrons. The fourth-order valence-electron chi connectivity index (χ4n) is 3.13. The SMILES string of the molecule is c1ccc2c(c1)CCC(c1ncc(CNC3CC3)cn1)C2. The first-order chi connectivity index (χ1) is 10.4.